The maximum absolute atomic E-state index is 12.7. The maximum Gasteiger partial charge on any atom is 0.271 e. The number of aromatic hydroxyl groups is 1. The number of benzene rings is 1. The van der Waals surface area contributed by atoms with Gasteiger partial charge in [0.15, 0.2) is 11.4 Å². The summed E-state index contributed by atoms with van der Waals surface area (Å²) >= 11 is 0. The topological polar surface area (TPSA) is 80.6 Å². The number of aromatic nitrogens is 1. The second-order valence-corrected chi connectivity index (χ2v) is 6.04. The van der Waals surface area contributed by atoms with Gasteiger partial charge in [-0.3, -0.25) is 9.59 Å². The molecule has 3 rings (SSSR count). The largest absolute Gasteiger partial charge is 0.505 e. The van der Waals surface area contributed by atoms with Gasteiger partial charge in [0.1, 0.15) is 0 Å². The van der Waals surface area contributed by atoms with E-state index < -0.39 is 5.91 Å². The minimum atomic E-state index is -0.445. The molecule has 2 N–H and O–H groups in total. The van der Waals surface area contributed by atoms with Crippen LogP contribution in [-0.2, 0) is 11.3 Å². The molecule has 0 bridgehead atoms. The van der Waals surface area contributed by atoms with Crippen LogP contribution in [0.25, 0.3) is 10.8 Å². The van der Waals surface area contributed by atoms with Crippen molar-refractivity contribution in [2.75, 3.05) is 13.2 Å². The molecule has 0 spiro atoms. The minimum absolute atomic E-state index is 0.00268. The highest BCUT2D eigenvalue weighted by atomic mass is 16.5. The third-order valence-corrected chi connectivity index (χ3v) is 4.33. The molecule has 1 fully saturated rings. The predicted molar refractivity (Wildman–Crippen MR) is 91.5 cm³/mol. The molecule has 1 unspecified atom stereocenters. The average molecular weight is 330 g/mol. The van der Waals surface area contributed by atoms with Crippen LogP contribution < -0.4 is 10.9 Å². The van der Waals surface area contributed by atoms with E-state index in [0.717, 1.165) is 12.8 Å². The van der Waals surface area contributed by atoms with Gasteiger partial charge in [0.2, 0.25) is 0 Å². The van der Waals surface area contributed by atoms with E-state index in [1.807, 2.05) is 6.92 Å². The van der Waals surface area contributed by atoms with Crippen molar-refractivity contribution >= 4 is 16.7 Å². The van der Waals surface area contributed by atoms with Crippen molar-refractivity contribution < 1.29 is 14.6 Å². The van der Waals surface area contributed by atoms with Crippen molar-refractivity contribution in [2.45, 2.75) is 38.8 Å². The summed E-state index contributed by atoms with van der Waals surface area (Å²) in [6.45, 7) is 3.39. The van der Waals surface area contributed by atoms with Crippen LogP contribution in [0.3, 0.4) is 0 Å². The normalized spacial score (nSPS) is 17.3. The van der Waals surface area contributed by atoms with Crippen molar-refractivity contribution in [3.63, 3.8) is 0 Å². The summed E-state index contributed by atoms with van der Waals surface area (Å²) in [5.41, 5.74) is -0.230. The first-order valence-electron chi connectivity index (χ1n) is 8.37. The lowest BCUT2D eigenvalue weighted by Gasteiger charge is -2.17. The highest BCUT2D eigenvalue weighted by molar-refractivity contribution is 6.01. The molecular weight excluding hydrogens is 308 g/mol. The molecule has 6 heteroatoms. The van der Waals surface area contributed by atoms with E-state index in [0.29, 0.717) is 36.9 Å². The Balaban J connectivity index is 2.01. The smallest absolute Gasteiger partial charge is 0.271 e. The third kappa shape index (κ3) is 3.01. The van der Waals surface area contributed by atoms with E-state index in [1.165, 1.54) is 4.57 Å². The quantitative estimate of drug-likeness (QED) is 0.879. The number of ether oxygens (including phenoxy) is 1. The fourth-order valence-electron chi connectivity index (χ4n) is 3.14. The van der Waals surface area contributed by atoms with Crippen LogP contribution in [-0.4, -0.2) is 34.8 Å². The fourth-order valence-corrected chi connectivity index (χ4v) is 3.14. The van der Waals surface area contributed by atoms with E-state index in [1.54, 1.807) is 24.3 Å². The number of carbonyl (C=O) groups excluding carboxylic acids is 1. The number of pyridine rings is 1. The third-order valence-electron chi connectivity index (χ3n) is 4.33. The van der Waals surface area contributed by atoms with E-state index in [9.17, 15) is 14.7 Å². The van der Waals surface area contributed by atoms with E-state index in [2.05, 4.69) is 5.32 Å². The van der Waals surface area contributed by atoms with Crippen molar-refractivity contribution in [1.29, 1.82) is 0 Å². The number of amides is 1. The Hall–Kier alpha value is -2.34. The van der Waals surface area contributed by atoms with Gasteiger partial charge >= 0.3 is 0 Å². The van der Waals surface area contributed by atoms with Crippen molar-refractivity contribution in [3.8, 4) is 5.75 Å². The molecular formula is C18H22N2O4. The summed E-state index contributed by atoms with van der Waals surface area (Å²) in [6, 6.07) is 6.80. The number of carbonyl (C=O) groups is 1. The van der Waals surface area contributed by atoms with Crippen molar-refractivity contribution in [2.24, 2.45) is 0 Å². The Bertz CT molecular complexity index is 807. The lowest BCUT2D eigenvalue weighted by molar-refractivity contribution is 0.0846. The van der Waals surface area contributed by atoms with Gasteiger partial charge < -0.3 is 19.7 Å². The van der Waals surface area contributed by atoms with Gasteiger partial charge in [0, 0.05) is 25.1 Å². The molecule has 1 saturated heterocycles. The number of fused-ring (bicyclic) bond motifs is 1. The molecule has 1 aliphatic heterocycles. The lowest BCUT2D eigenvalue weighted by atomic mass is 10.1. The average Bonchev–Trinajstić information content (AvgIpc) is 3.11. The molecule has 2 aromatic rings. The van der Waals surface area contributed by atoms with E-state index in [-0.39, 0.29) is 23.1 Å². The molecule has 1 amide bonds. The van der Waals surface area contributed by atoms with Crippen LogP contribution in [0.15, 0.2) is 29.1 Å². The first kappa shape index (κ1) is 16.5. The highest BCUT2D eigenvalue weighted by Crippen LogP contribution is 2.26. The molecule has 0 radical (unpaired) electrons. The zero-order valence-corrected chi connectivity index (χ0v) is 13.7. The van der Waals surface area contributed by atoms with Gasteiger partial charge in [-0.05, 0) is 25.3 Å². The number of nitrogens with zero attached hydrogens (tertiary/aromatic N) is 1. The molecule has 6 nitrogen and oxygen atoms in total. The second-order valence-electron chi connectivity index (χ2n) is 6.04. The first-order chi connectivity index (χ1) is 11.6. The van der Waals surface area contributed by atoms with Gasteiger partial charge in [-0.15, -0.1) is 0 Å². The SMILES string of the molecule is CCCn1c(C(=O)NCC2CCCO2)c(O)c2ccccc2c1=O. The maximum atomic E-state index is 12.7. The standard InChI is InChI=1S/C18H22N2O4/c1-2-9-20-15(17(22)19-11-12-6-5-10-24-12)16(21)13-7-3-4-8-14(13)18(20)23/h3-4,7-8,12,21H,2,5-6,9-11H2,1H3,(H,19,22). The van der Waals surface area contributed by atoms with Crippen LogP contribution in [0, 0.1) is 0 Å². The minimum Gasteiger partial charge on any atom is -0.505 e. The Morgan fingerprint density at radius 1 is 1.38 bits per heavy atom. The Morgan fingerprint density at radius 3 is 2.79 bits per heavy atom. The molecule has 0 aliphatic carbocycles. The van der Waals surface area contributed by atoms with Gasteiger partial charge in [0.25, 0.3) is 11.5 Å². The summed E-state index contributed by atoms with van der Waals surface area (Å²) in [5.74, 6) is -0.595. The van der Waals surface area contributed by atoms with Gasteiger partial charge in [-0.2, -0.15) is 0 Å². The molecule has 2 heterocycles. The molecule has 1 aromatic heterocycles. The van der Waals surface area contributed by atoms with Crippen LogP contribution in [0.2, 0.25) is 0 Å². The Morgan fingerprint density at radius 2 is 2.12 bits per heavy atom. The van der Waals surface area contributed by atoms with Gasteiger partial charge in [-0.1, -0.05) is 25.1 Å². The monoisotopic (exact) mass is 330 g/mol. The van der Waals surface area contributed by atoms with Crippen molar-refractivity contribution in [3.05, 3.63) is 40.3 Å². The molecule has 128 valence electrons. The zero-order valence-electron chi connectivity index (χ0n) is 13.7. The summed E-state index contributed by atoms with van der Waals surface area (Å²) in [4.78, 5) is 25.3. The van der Waals surface area contributed by atoms with Crippen molar-refractivity contribution in [1.82, 2.24) is 9.88 Å². The fraction of sp³-hybridized carbons (Fsp3) is 0.444. The number of hydrogen-bond acceptors (Lipinski definition) is 4. The van der Waals surface area contributed by atoms with E-state index >= 15 is 0 Å². The molecule has 1 aromatic carbocycles. The van der Waals surface area contributed by atoms with Gasteiger partial charge in [0.05, 0.1) is 11.5 Å². The summed E-state index contributed by atoms with van der Waals surface area (Å²) in [6.07, 6.45) is 2.58. The summed E-state index contributed by atoms with van der Waals surface area (Å²) in [5, 5.41) is 14.2. The summed E-state index contributed by atoms with van der Waals surface area (Å²) < 4.78 is 6.86. The van der Waals surface area contributed by atoms with Gasteiger partial charge in [-0.25, -0.2) is 0 Å². The summed E-state index contributed by atoms with van der Waals surface area (Å²) in [7, 11) is 0. The molecule has 24 heavy (non-hydrogen) atoms. The highest BCUT2D eigenvalue weighted by Gasteiger charge is 2.23. The number of hydrogen-bond donors (Lipinski definition) is 2. The molecule has 1 aliphatic rings. The predicted octanol–water partition coefficient (Wildman–Crippen LogP) is 2.03. The number of rotatable bonds is 5. The Labute approximate surface area is 140 Å². The molecule has 1 atom stereocenters. The lowest BCUT2D eigenvalue weighted by Crippen LogP contribution is -2.36. The van der Waals surface area contributed by atoms with Crippen LogP contribution in [0.4, 0.5) is 0 Å². The van der Waals surface area contributed by atoms with E-state index in [4.69, 9.17) is 4.74 Å². The number of nitrogens with one attached hydrogen (secondary N) is 1. The van der Waals surface area contributed by atoms with Crippen LogP contribution in [0.5, 0.6) is 5.75 Å². The van der Waals surface area contributed by atoms with Crippen LogP contribution in [0.1, 0.15) is 36.7 Å². The Kier molecular flexibility index (Phi) is 4.85. The zero-order chi connectivity index (χ0) is 17.1. The van der Waals surface area contributed by atoms with Crippen LogP contribution >= 0.6 is 0 Å². The second kappa shape index (κ2) is 7.05. The first-order valence-corrected chi connectivity index (χ1v) is 8.37. The molecule has 0 saturated carbocycles.